The Bertz CT molecular complexity index is 1050. The van der Waals surface area contributed by atoms with Gasteiger partial charge in [-0.1, -0.05) is 38.1 Å². The summed E-state index contributed by atoms with van der Waals surface area (Å²) in [5, 5.41) is 18.3. The molecule has 3 rings (SSSR count). The fraction of sp³-hybridized carbons (Fsp3) is 0.217. The Hall–Kier alpha value is -3.16. The number of carbonyl (C=O) groups excluding carboxylic acids is 2. The molecule has 2 aromatic carbocycles. The molecule has 3 aromatic rings. The Morgan fingerprint density at radius 1 is 1.10 bits per heavy atom. The van der Waals surface area contributed by atoms with E-state index in [0.29, 0.717) is 22.5 Å². The molecule has 156 valence electrons. The maximum atomic E-state index is 12.7. The van der Waals surface area contributed by atoms with Gasteiger partial charge in [0, 0.05) is 17.5 Å². The molecule has 0 aliphatic heterocycles. The SMILES string of the molecule is CNC(=O)C(O)(c1ccc(C(=O)Nc2cc(-c3cccs3)ccc2N)cc1)C(C)C. The molecule has 0 aliphatic rings. The van der Waals surface area contributed by atoms with Gasteiger partial charge < -0.3 is 21.5 Å². The Labute approximate surface area is 179 Å². The van der Waals surface area contributed by atoms with Gasteiger partial charge in [-0.3, -0.25) is 9.59 Å². The fourth-order valence-corrected chi connectivity index (χ4v) is 3.97. The molecule has 1 aromatic heterocycles. The molecule has 1 heterocycles. The Morgan fingerprint density at radius 2 is 1.80 bits per heavy atom. The molecule has 0 radical (unpaired) electrons. The highest BCUT2D eigenvalue weighted by molar-refractivity contribution is 7.13. The van der Waals surface area contributed by atoms with E-state index in [1.165, 1.54) is 7.05 Å². The fourth-order valence-electron chi connectivity index (χ4n) is 3.25. The monoisotopic (exact) mass is 423 g/mol. The van der Waals surface area contributed by atoms with Crippen molar-refractivity contribution in [2.75, 3.05) is 18.1 Å². The second kappa shape index (κ2) is 8.69. The molecule has 5 N–H and O–H groups in total. The zero-order chi connectivity index (χ0) is 21.9. The highest BCUT2D eigenvalue weighted by atomic mass is 32.1. The summed E-state index contributed by atoms with van der Waals surface area (Å²) in [6.45, 7) is 3.53. The van der Waals surface area contributed by atoms with E-state index in [2.05, 4.69) is 10.6 Å². The number of benzene rings is 2. The molecule has 0 spiro atoms. The quantitative estimate of drug-likeness (QED) is 0.452. The predicted molar refractivity (Wildman–Crippen MR) is 121 cm³/mol. The number of nitrogens with two attached hydrogens (primary N) is 1. The van der Waals surface area contributed by atoms with Crippen LogP contribution in [0.3, 0.4) is 0 Å². The summed E-state index contributed by atoms with van der Waals surface area (Å²) < 4.78 is 0. The molecule has 30 heavy (non-hydrogen) atoms. The molecule has 0 bridgehead atoms. The van der Waals surface area contributed by atoms with Gasteiger partial charge in [0.2, 0.25) is 0 Å². The van der Waals surface area contributed by atoms with E-state index in [1.807, 2.05) is 29.6 Å². The highest BCUT2D eigenvalue weighted by Gasteiger charge is 2.40. The van der Waals surface area contributed by atoms with Crippen LogP contribution in [0.15, 0.2) is 60.0 Å². The summed E-state index contributed by atoms with van der Waals surface area (Å²) in [6.07, 6.45) is 0. The van der Waals surface area contributed by atoms with Crippen molar-refractivity contribution in [2.24, 2.45) is 5.92 Å². The smallest absolute Gasteiger partial charge is 0.256 e. The standard InChI is InChI=1S/C23H25N3O3S/c1-14(2)23(29,22(28)25-3)17-9-6-15(7-10-17)21(27)26-19-13-16(8-11-18(19)24)20-5-4-12-30-20/h4-14,29H,24H2,1-3H3,(H,25,28)(H,26,27). The number of thiophene rings is 1. The first kappa shape index (κ1) is 21.5. The van der Waals surface area contributed by atoms with Crippen molar-refractivity contribution in [3.05, 3.63) is 71.1 Å². The minimum atomic E-state index is -1.68. The zero-order valence-corrected chi connectivity index (χ0v) is 17.9. The average molecular weight is 424 g/mol. The number of rotatable bonds is 6. The van der Waals surface area contributed by atoms with Gasteiger partial charge in [0.15, 0.2) is 5.60 Å². The second-order valence-corrected chi connectivity index (χ2v) is 8.26. The molecule has 0 fully saturated rings. The topological polar surface area (TPSA) is 104 Å². The van der Waals surface area contributed by atoms with E-state index < -0.39 is 11.5 Å². The number of hydrogen-bond acceptors (Lipinski definition) is 5. The van der Waals surface area contributed by atoms with Gasteiger partial charge in [-0.15, -0.1) is 11.3 Å². The number of likely N-dealkylation sites (N-methyl/N-ethyl adjacent to an activating group) is 1. The highest BCUT2D eigenvalue weighted by Crippen LogP contribution is 2.32. The molecule has 0 saturated heterocycles. The van der Waals surface area contributed by atoms with Gasteiger partial charge in [0.25, 0.3) is 11.8 Å². The maximum Gasteiger partial charge on any atom is 0.256 e. The third-order valence-electron chi connectivity index (χ3n) is 5.10. The maximum absolute atomic E-state index is 12.7. The van der Waals surface area contributed by atoms with Gasteiger partial charge in [-0.05, 0) is 52.8 Å². The number of anilines is 2. The van der Waals surface area contributed by atoms with Crippen LogP contribution in [0.2, 0.25) is 0 Å². The average Bonchev–Trinajstić information content (AvgIpc) is 3.29. The van der Waals surface area contributed by atoms with Gasteiger partial charge in [-0.2, -0.15) is 0 Å². The number of nitrogens with one attached hydrogen (secondary N) is 2. The van der Waals surface area contributed by atoms with E-state index in [0.717, 1.165) is 10.4 Å². The Kier molecular flexibility index (Phi) is 6.24. The molecular formula is C23H25N3O3S. The lowest BCUT2D eigenvalue weighted by molar-refractivity contribution is -0.145. The third-order valence-corrected chi connectivity index (χ3v) is 6.02. The van der Waals surface area contributed by atoms with Crippen LogP contribution >= 0.6 is 11.3 Å². The first-order chi connectivity index (χ1) is 14.3. The molecule has 1 atom stereocenters. The lowest BCUT2D eigenvalue weighted by atomic mass is 9.82. The summed E-state index contributed by atoms with van der Waals surface area (Å²) in [5.74, 6) is -1.17. The number of nitrogen functional groups attached to an aromatic ring is 1. The van der Waals surface area contributed by atoms with Crippen molar-refractivity contribution >= 4 is 34.5 Å². The summed E-state index contributed by atoms with van der Waals surface area (Å²) >= 11 is 1.61. The molecule has 0 aliphatic carbocycles. The van der Waals surface area contributed by atoms with Crippen LogP contribution in [0.25, 0.3) is 10.4 Å². The normalized spacial score (nSPS) is 13.0. The van der Waals surface area contributed by atoms with Crippen LogP contribution in [-0.2, 0) is 10.4 Å². The minimum Gasteiger partial charge on any atom is -0.397 e. The van der Waals surface area contributed by atoms with Crippen molar-refractivity contribution in [3.8, 4) is 10.4 Å². The van der Waals surface area contributed by atoms with Gasteiger partial charge in [0.05, 0.1) is 11.4 Å². The van der Waals surface area contributed by atoms with Crippen LogP contribution in [0.1, 0.15) is 29.8 Å². The molecule has 7 heteroatoms. The number of amides is 2. The van der Waals surface area contributed by atoms with E-state index in [4.69, 9.17) is 5.73 Å². The summed E-state index contributed by atoms with van der Waals surface area (Å²) in [4.78, 5) is 26.1. The van der Waals surface area contributed by atoms with Gasteiger partial charge in [0.1, 0.15) is 0 Å². The van der Waals surface area contributed by atoms with Crippen LogP contribution in [0.4, 0.5) is 11.4 Å². The molecule has 1 unspecified atom stereocenters. The second-order valence-electron chi connectivity index (χ2n) is 7.31. The van der Waals surface area contributed by atoms with E-state index in [1.54, 1.807) is 55.5 Å². The number of carbonyl (C=O) groups is 2. The van der Waals surface area contributed by atoms with Crippen molar-refractivity contribution in [1.29, 1.82) is 0 Å². The van der Waals surface area contributed by atoms with Crippen molar-refractivity contribution in [3.63, 3.8) is 0 Å². The van der Waals surface area contributed by atoms with Crippen molar-refractivity contribution in [1.82, 2.24) is 5.32 Å². The van der Waals surface area contributed by atoms with Crippen LogP contribution in [-0.4, -0.2) is 24.0 Å². The van der Waals surface area contributed by atoms with Crippen molar-refractivity contribution in [2.45, 2.75) is 19.4 Å². The first-order valence-electron chi connectivity index (χ1n) is 9.57. The van der Waals surface area contributed by atoms with Crippen molar-refractivity contribution < 1.29 is 14.7 Å². The summed E-state index contributed by atoms with van der Waals surface area (Å²) in [6, 6.07) is 15.8. The summed E-state index contributed by atoms with van der Waals surface area (Å²) in [5.41, 5.74) is 7.14. The lowest BCUT2D eigenvalue weighted by Gasteiger charge is -2.30. The van der Waals surface area contributed by atoms with Crippen LogP contribution in [0, 0.1) is 5.92 Å². The summed E-state index contributed by atoms with van der Waals surface area (Å²) in [7, 11) is 1.48. The van der Waals surface area contributed by atoms with E-state index >= 15 is 0 Å². The van der Waals surface area contributed by atoms with Crippen LogP contribution < -0.4 is 16.4 Å². The molecule has 6 nitrogen and oxygen atoms in total. The minimum absolute atomic E-state index is 0.329. The van der Waals surface area contributed by atoms with Crippen LogP contribution in [0.5, 0.6) is 0 Å². The van der Waals surface area contributed by atoms with Gasteiger partial charge >= 0.3 is 0 Å². The molecular weight excluding hydrogens is 398 g/mol. The third kappa shape index (κ3) is 4.08. The first-order valence-corrected chi connectivity index (χ1v) is 10.4. The zero-order valence-electron chi connectivity index (χ0n) is 17.1. The lowest BCUT2D eigenvalue weighted by Crippen LogP contribution is -2.46. The Balaban J connectivity index is 1.83. The van der Waals surface area contributed by atoms with Gasteiger partial charge in [-0.25, -0.2) is 0 Å². The Morgan fingerprint density at radius 3 is 2.37 bits per heavy atom. The predicted octanol–water partition coefficient (Wildman–Crippen LogP) is 3.84. The molecule has 0 saturated carbocycles. The van der Waals surface area contributed by atoms with E-state index in [-0.39, 0.29) is 11.8 Å². The number of aliphatic hydroxyl groups is 1. The molecule has 2 amide bonds. The number of hydrogen-bond donors (Lipinski definition) is 4. The largest absolute Gasteiger partial charge is 0.397 e. The van der Waals surface area contributed by atoms with E-state index in [9.17, 15) is 14.7 Å².